The van der Waals surface area contributed by atoms with Crippen molar-refractivity contribution in [3.05, 3.63) is 30.3 Å². The van der Waals surface area contributed by atoms with Gasteiger partial charge in [-0.15, -0.1) is 0 Å². The molecule has 1 unspecified atom stereocenters. The third-order valence-electron chi connectivity index (χ3n) is 2.76. The van der Waals surface area contributed by atoms with E-state index >= 15 is 0 Å². The fraction of sp³-hybridized carbons (Fsp3) is 0.467. The van der Waals surface area contributed by atoms with Crippen molar-refractivity contribution in [1.82, 2.24) is 0 Å². The lowest BCUT2D eigenvalue weighted by Gasteiger charge is -2.20. The van der Waals surface area contributed by atoms with E-state index in [9.17, 15) is 9.59 Å². The topological polar surface area (TPSA) is 43.4 Å². The minimum atomic E-state index is -1.27. The summed E-state index contributed by atoms with van der Waals surface area (Å²) in [4.78, 5) is 22.7. The highest BCUT2D eigenvalue weighted by molar-refractivity contribution is 6.76. The zero-order chi connectivity index (χ0) is 14.3. The van der Waals surface area contributed by atoms with Gasteiger partial charge < -0.3 is 9.53 Å². The molecule has 0 bridgehead atoms. The maximum atomic E-state index is 11.7. The highest BCUT2D eigenvalue weighted by Crippen LogP contribution is 2.20. The minimum Gasteiger partial charge on any atom is -0.427 e. The molecule has 19 heavy (non-hydrogen) atoms. The molecule has 0 fully saturated rings. The number of ether oxygens (including phenoxy) is 1. The van der Waals surface area contributed by atoms with E-state index in [4.69, 9.17) is 4.74 Å². The van der Waals surface area contributed by atoms with Crippen LogP contribution in [-0.4, -0.2) is 20.3 Å². The quantitative estimate of drug-likeness (QED) is 0.332. The third kappa shape index (κ3) is 6.91. The Morgan fingerprint density at radius 2 is 1.89 bits per heavy atom. The van der Waals surface area contributed by atoms with Gasteiger partial charge in [0.1, 0.15) is 12.0 Å². The Morgan fingerprint density at radius 3 is 2.42 bits per heavy atom. The van der Waals surface area contributed by atoms with E-state index in [1.807, 2.05) is 18.2 Å². The Hall–Kier alpha value is -1.42. The molecule has 1 atom stereocenters. The van der Waals surface area contributed by atoms with Crippen molar-refractivity contribution in [1.29, 1.82) is 0 Å². The van der Waals surface area contributed by atoms with Crippen molar-refractivity contribution < 1.29 is 14.3 Å². The summed E-state index contributed by atoms with van der Waals surface area (Å²) in [5.41, 5.74) is 0. The van der Waals surface area contributed by atoms with Crippen molar-refractivity contribution in [3.8, 4) is 5.75 Å². The molecule has 0 amide bonds. The third-order valence-corrected chi connectivity index (χ3v) is 4.51. The Kier molecular flexibility index (Phi) is 5.95. The van der Waals surface area contributed by atoms with E-state index in [-0.39, 0.29) is 11.9 Å². The summed E-state index contributed by atoms with van der Waals surface area (Å²) in [6.45, 7) is 6.68. The molecule has 0 N–H and O–H groups in total. The van der Waals surface area contributed by atoms with Gasteiger partial charge >= 0.3 is 5.97 Å². The zero-order valence-corrected chi connectivity index (χ0v) is 12.9. The van der Waals surface area contributed by atoms with Crippen molar-refractivity contribution in [3.63, 3.8) is 0 Å². The summed E-state index contributed by atoms with van der Waals surface area (Å²) < 4.78 is 5.20. The highest BCUT2D eigenvalue weighted by Gasteiger charge is 2.21. The van der Waals surface area contributed by atoms with Crippen LogP contribution in [0.3, 0.4) is 0 Å². The molecule has 0 radical (unpaired) electrons. The van der Waals surface area contributed by atoms with Crippen molar-refractivity contribution >= 4 is 20.3 Å². The predicted octanol–water partition coefficient (Wildman–Crippen LogP) is 3.53. The summed E-state index contributed by atoms with van der Waals surface area (Å²) in [5, 5.41) is 0. The smallest absolute Gasteiger partial charge is 0.311 e. The van der Waals surface area contributed by atoms with Crippen LogP contribution in [0, 0.1) is 5.92 Å². The van der Waals surface area contributed by atoms with Gasteiger partial charge in [0.2, 0.25) is 0 Å². The number of para-hydroxylation sites is 1. The van der Waals surface area contributed by atoms with Crippen molar-refractivity contribution in [2.75, 3.05) is 0 Å². The van der Waals surface area contributed by atoms with Crippen molar-refractivity contribution in [2.24, 2.45) is 5.92 Å². The maximum absolute atomic E-state index is 11.7. The van der Waals surface area contributed by atoms with E-state index in [0.717, 1.165) is 12.3 Å². The zero-order valence-electron chi connectivity index (χ0n) is 11.9. The number of rotatable bonds is 7. The fourth-order valence-corrected chi connectivity index (χ4v) is 3.85. The molecular weight excluding hydrogens is 256 g/mol. The molecule has 0 saturated carbocycles. The molecule has 1 aromatic rings. The minimum absolute atomic E-state index is 0.0185. The summed E-state index contributed by atoms with van der Waals surface area (Å²) in [7, 11) is -1.27. The van der Waals surface area contributed by atoms with Crippen LogP contribution in [0.25, 0.3) is 0 Å². The van der Waals surface area contributed by atoms with Gasteiger partial charge in [0.15, 0.2) is 0 Å². The predicted molar refractivity (Wildman–Crippen MR) is 79.0 cm³/mol. The molecule has 0 spiro atoms. The molecule has 3 nitrogen and oxygen atoms in total. The lowest BCUT2D eigenvalue weighted by molar-refractivity contribution is -0.134. The number of hydrogen-bond acceptors (Lipinski definition) is 3. The first-order valence-electron chi connectivity index (χ1n) is 6.62. The Bertz CT molecular complexity index is 409. The molecule has 0 aliphatic carbocycles. The van der Waals surface area contributed by atoms with Crippen LogP contribution in [0.15, 0.2) is 30.3 Å². The van der Waals surface area contributed by atoms with Gasteiger partial charge in [-0.2, -0.15) is 0 Å². The molecule has 4 heteroatoms. The lowest BCUT2D eigenvalue weighted by atomic mass is 10.1. The summed E-state index contributed by atoms with van der Waals surface area (Å²) >= 11 is 0. The van der Waals surface area contributed by atoms with Crippen LogP contribution in [0.1, 0.15) is 12.8 Å². The molecule has 0 aromatic heterocycles. The standard InChI is InChI=1S/C15H22O3Si/c1-19(2,3)12-13(11-16)9-10-15(17)18-14-7-5-4-6-8-14/h4-8,11,13H,9-10,12H2,1-3H3. The van der Waals surface area contributed by atoms with Gasteiger partial charge in [-0.25, -0.2) is 0 Å². The van der Waals surface area contributed by atoms with E-state index in [2.05, 4.69) is 19.6 Å². The van der Waals surface area contributed by atoms with E-state index in [0.29, 0.717) is 18.6 Å². The normalized spacial score (nSPS) is 12.8. The number of carbonyl (C=O) groups excluding carboxylic acids is 2. The van der Waals surface area contributed by atoms with E-state index in [1.54, 1.807) is 12.1 Å². The number of aldehydes is 1. The molecular formula is C15H22O3Si. The molecule has 0 aliphatic rings. The number of hydrogen-bond donors (Lipinski definition) is 0. The summed E-state index contributed by atoms with van der Waals surface area (Å²) in [6.07, 6.45) is 1.86. The van der Waals surface area contributed by atoms with Crippen LogP contribution in [-0.2, 0) is 9.59 Å². The van der Waals surface area contributed by atoms with Crippen LogP contribution in [0.4, 0.5) is 0 Å². The maximum Gasteiger partial charge on any atom is 0.311 e. The second kappa shape index (κ2) is 7.24. The van der Waals surface area contributed by atoms with Gasteiger partial charge in [-0.1, -0.05) is 37.8 Å². The van der Waals surface area contributed by atoms with E-state index in [1.165, 1.54) is 0 Å². The second-order valence-corrected chi connectivity index (χ2v) is 11.5. The molecule has 0 aliphatic heterocycles. The van der Waals surface area contributed by atoms with Gasteiger partial charge in [-0.3, -0.25) is 4.79 Å². The monoisotopic (exact) mass is 278 g/mol. The Balaban J connectivity index is 2.38. The average molecular weight is 278 g/mol. The first-order valence-corrected chi connectivity index (χ1v) is 10.3. The molecule has 104 valence electrons. The highest BCUT2D eigenvalue weighted by atomic mass is 28.3. The summed E-state index contributed by atoms with van der Waals surface area (Å²) in [6, 6.07) is 9.93. The molecule has 1 aromatic carbocycles. The largest absolute Gasteiger partial charge is 0.427 e. The van der Waals surface area contributed by atoms with Gasteiger partial charge in [0, 0.05) is 20.4 Å². The Morgan fingerprint density at radius 1 is 1.26 bits per heavy atom. The van der Waals surface area contributed by atoms with Crippen molar-refractivity contribution in [2.45, 2.75) is 38.5 Å². The van der Waals surface area contributed by atoms with Crippen LogP contribution < -0.4 is 4.74 Å². The second-order valence-electron chi connectivity index (χ2n) is 5.99. The van der Waals surface area contributed by atoms with Gasteiger partial charge in [0.25, 0.3) is 0 Å². The SMILES string of the molecule is C[Si](C)(C)CC(C=O)CCC(=O)Oc1ccccc1. The Labute approximate surface area is 116 Å². The van der Waals surface area contributed by atoms with E-state index < -0.39 is 8.07 Å². The average Bonchev–Trinajstić information content (AvgIpc) is 2.34. The van der Waals surface area contributed by atoms with Crippen LogP contribution in [0.5, 0.6) is 5.75 Å². The van der Waals surface area contributed by atoms with Crippen LogP contribution in [0.2, 0.25) is 25.7 Å². The van der Waals surface area contributed by atoms with Gasteiger partial charge in [-0.05, 0) is 24.6 Å². The molecule has 0 saturated heterocycles. The fourth-order valence-electron chi connectivity index (χ4n) is 1.98. The molecule has 0 heterocycles. The number of benzene rings is 1. The molecule has 1 rings (SSSR count). The lowest BCUT2D eigenvalue weighted by Crippen LogP contribution is -2.25. The first-order chi connectivity index (χ1) is 8.90. The van der Waals surface area contributed by atoms with Crippen LogP contribution >= 0.6 is 0 Å². The first kappa shape index (κ1) is 15.6. The summed E-state index contributed by atoms with van der Waals surface area (Å²) in [5.74, 6) is 0.268. The number of carbonyl (C=O) groups is 2. The van der Waals surface area contributed by atoms with Gasteiger partial charge in [0.05, 0.1) is 0 Å². The number of esters is 1.